The van der Waals surface area contributed by atoms with Crippen LogP contribution < -0.4 is 5.32 Å². The summed E-state index contributed by atoms with van der Waals surface area (Å²) in [5.74, 6) is -0.0150. The number of pyridine rings is 1. The zero-order valence-electron chi connectivity index (χ0n) is 16.3. The van der Waals surface area contributed by atoms with Crippen molar-refractivity contribution in [3.63, 3.8) is 0 Å². The van der Waals surface area contributed by atoms with Gasteiger partial charge in [0.25, 0.3) is 0 Å². The van der Waals surface area contributed by atoms with E-state index < -0.39 is 0 Å². The van der Waals surface area contributed by atoms with Crippen LogP contribution in [0.15, 0.2) is 82.8 Å². The topological polar surface area (TPSA) is 54.4 Å². The molecule has 28 heavy (non-hydrogen) atoms. The van der Waals surface area contributed by atoms with Crippen molar-refractivity contribution in [2.75, 3.05) is 6.54 Å². The molecular weight excluding hydrogens is 390 g/mol. The van der Waals surface area contributed by atoms with Gasteiger partial charge < -0.3 is 5.32 Å². The van der Waals surface area contributed by atoms with Crippen LogP contribution in [0, 0.1) is 0 Å². The first-order valence-corrected chi connectivity index (χ1v) is 10.2. The molecule has 0 saturated carbocycles. The van der Waals surface area contributed by atoms with Crippen LogP contribution in [0.5, 0.6) is 0 Å². The summed E-state index contributed by atoms with van der Waals surface area (Å²) in [4.78, 5) is 20.3. The van der Waals surface area contributed by atoms with Crippen LogP contribution in [0.25, 0.3) is 0 Å². The molecule has 0 saturated heterocycles. The molecule has 4 nitrogen and oxygen atoms in total. The number of rotatable bonds is 8. The quantitative estimate of drug-likeness (QED) is 0.347. The Balaban J connectivity index is 0.000000283. The second-order valence-corrected chi connectivity index (χ2v) is 6.79. The van der Waals surface area contributed by atoms with Crippen LogP contribution in [0.3, 0.4) is 0 Å². The van der Waals surface area contributed by atoms with E-state index in [1.807, 2.05) is 61.7 Å². The lowest BCUT2D eigenvalue weighted by Gasteiger charge is -2.04. The highest BCUT2D eigenvalue weighted by Gasteiger charge is 2.05. The molecule has 0 unspecified atom stereocenters. The van der Waals surface area contributed by atoms with E-state index in [1.165, 1.54) is 0 Å². The lowest BCUT2D eigenvalue weighted by atomic mass is 10.2. The Hall–Kier alpha value is -2.37. The lowest BCUT2D eigenvalue weighted by molar-refractivity contribution is -0.120. The average molecular weight is 416 g/mol. The van der Waals surface area contributed by atoms with Crippen molar-refractivity contribution in [1.82, 2.24) is 10.3 Å². The molecule has 0 radical (unpaired) electrons. The number of thioether (sulfide) groups is 1. The van der Waals surface area contributed by atoms with Crippen LogP contribution in [-0.4, -0.2) is 22.6 Å². The van der Waals surface area contributed by atoms with Gasteiger partial charge in [0.2, 0.25) is 5.91 Å². The molecule has 0 bridgehead atoms. The summed E-state index contributed by atoms with van der Waals surface area (Å²) in [7, 11) is 0. The first-order chi connectivity index (χ1) is 13.6. The van der Waals surface area contributed by atoms with Gasteiger partial charge in [0.1, 0.15) is 5.17 Å². The summed E-state index contributed by atoms with van der Waals surface area (Å²) in [5.41, 5.74) is 2.00. The van der Waals surface area contributed by atoms with Crippen LogP contribution in [0.2, 0.25) is 0 Å². The van der Waals surface area contributed by atoms with Gasteiger partial charge >= 0.3 is 0 Å². The summed E-state index contributed by atoms with van der Waals surface area (Å²) in [6, 6.07) is 11.8. The number of aliphatic imine (C=N–C) groups is 1. The molecule has 0 aliphatic carbocycles. The van der Waals surface area contributed by atoms with Crippen molar-refractivity contribution in [3.8, 4) is 0 Å². The molecule has 0 fully saturated rings. The predicted molar refractivity (Wildman–Crippen MR) is 121 cm³/mol. The van der Waals surface area contributed by atoms with Gasteiger partial charge in [-0.05, 0) is 37.0 Å². The number of benzene rings is 1. The van der Waals surface area contributed by atoms with Crippen LogP contribution in [-0.2, 0) is 11.3 Å². The second kappa shape index (κ2) is 14.7. The fourth-order valence-corrected chi connectivity index (χ4v) is 3.08. The second-order valence-electron chi connectivity index (χ2n) is 5.48. The Morgan fingerprint density at radius 1 is 1.32 bits per heavy atom. The number of carbonyl (C=O) groups is 1. The number of amides is 1. The molecule has 1 heterocycles. The first kappa shape index (κ1) is 23.7. The molecule has 0 atom stereocenters. The summed E-state index contributed by atoms with van der Waals surface area (Å²) in [5, 5.41) is 5.37. The molecule has 2 aromatic rings. The van der Waals surface area contributed by atoms with Crippen molar-refractivity contribution in [2.45, 2.75) is 31.7 Å². The van der Waals surface area contributed by atoms with Gasteiger partial charge in [0, 0.05) is 42.4 Å². The van der Waals surface area contributed by atoms with Crippen molar-refractivity contribution in [1.29, 1.82) is 0 Å². The average Bonchev–Trinajstić information content (AvgIpc) is 2.72. The third kappa shape index (κ3) is 9.53. The van der Waals surface area contributed by atoms with Gasteiger partial charge in [-0.15, -0.1) is 6.58 Å². The summed E-state index contributed by atoms with van der Waals surface area (Å²) in [6.45, 7) is 8.69. The minimum atomic E-state index is -0.0150. The van der Waals surface area contributed by atoms with Crippen LogP contribution >= 0.6 is 23.4 Å². The molecule has 1 N–H and O–H groups in total. The molecule has 1 amide bonds. The highest BCUT2D eigenvalue weighted by atomic mass is 35.5. The van der Waals surface area contributed by atoms with E-state index >= 15 is 0 Å². The molecule has 1 aromatic carbocycles. The number of nitrogens with zero attached hydrogens (tertiary/aromatic N) is 2. The zero-order chi connectivity index (χ0) is 20.6. The van der Waals surface area contributed by atoms with Gasteiger partial charge in [-0.1, -0.05) is 59.8 Å². The van der Waals surface area contributed by atoms with E-state index in [0.717, 1.165) is 16.0 Å². The third-order valence-corrected chi connectivity index (χ3v) is 4.62. The van der Waals surface area contributed by atoms with Crippen molar-refractivity contribution in [3.05, 3.63) is 84.1 Å². The summed E-state index contributed by atoms with van der Waals surface area (Å²) in [6.07, 6.45) is 7.38. The van der Waals surface area contributed by atoms with E-state index in [9.17, 15) is 4.79 Å². The fraction of sp³-hybridized carbons (Fsp3) is 0.227. The molecule has 148 valence electrons. The van der Waals surface area contributed by atoms with E-state index in [1.54, 1.807) is 30.2 Å². The number of carbonyl (C=O) groups excluding carboxylic acids is 1. The highest BCUT2D eigenvalue weighted by molar-refractivity contribution is 8.02. The van der Waals surface area contributed by atoms with Crippen molar-refractivity contribution in [2.24, 2.45) is 4.99 Å². The fourth-order valence-electron chi connectivity index (χ4n) is 2.01. The number of allylic oxidation sites excluding steroid dienone is 1. The number of nitrogens with one attached hydrogen (secondary N) is 1. The third-order valence-electron chi connectivity index (χ3n) is 3.28. The monoisotopic (exact) mass is 415 g/mol. The minimum Gasteiger partial charge on any atom is -0.352 e. The number of hydrogen-bond donors (Lipinski definition) is 1. The van der Waals surface area contributed by atoms with Crippen LogP contribution in [0.1, 0.15) is 31.4 Å². The maximum atomic E-state index is 11.0. The molecule has 1 aromatic heterocycles. The van der Waals surface area contributed by atoms with Gasteiger partial charge in [0.05, 0.1) is 0 Å². The van der Waals surface area contributed by atoms with Gasteiger partial charge in [-0.25, -0.2) is 0 Å². The minimum absolute atomic E-state index is 0.0150. The van der Waals surface area contributed by atoms with E-state index in [2.05, 4.69) is 21.9 Å². The first-order valence-electron chi connectivity index (χ1n) is 8.96. The maximum Gasteiger partial charge on any atom is 0.224 e. The summed E-state index contributed by atoms with van der Waals surface area (Å²) >= 11 is 7.76. The zero-order valence-corrected chi connectivity index (χ0v) is 17.8. The molecule has 0 aliphatic heterocycles. The highest BCUT2D eigenvalue weighted by Crippen LogP contribution is 2.25. The molecular formula is C22H26ClN3OS. The summed E-state index contributed by atoms with van der Waals surface area (Å²) < 4.78 is 0. The van der Waals surface area contributed by atoms with Gasteiger partial charge in [-0.3, -0.25) is 14.8 Å². The standard InChI is InChI=1S/C12H14ClNS.C10H12N2O/c1-3-9-15-11-8-6-5-7-10(11)12(13)14-4-2;1-2-4-10(13)12-8-9-5-3-6-11-7-9/h3,5-9H,4H2,1-2H3;2-3,5-7H,1,4,8H2,(H,12,13)/b9-3+,14-12?;. The Kier molecular flexibility index (Phi) is 12.4. The Morgan fingerprint density at radius 2 is 2.11 bits per heavy atom. The van der Waals surface area contributed by atoms with Gasteiger partial charge in [0.15, 0.2) is 0 Å². The molecule has 0 spiro atoms. The van der Waals surface area contributed by atoms with Crippen molar-refractivity contribution < 1.29 is 4.79 Å². The van der Waals surface area contributed by atoms with E-state index in [-0.39, 0.29) is 5.91 Å². The number of halogens is 1. The van der Waals surface area contributed by atoms with Gasteiger partial charge in [-0.2, -0.15) is 0 Å². The number of aromatic nitrogens is 1. The van der Waals surface area contributed by atoms with Crippen LogP contribution in [0.4, 0.5) is 0 Å². The normalized spacial score (nSPS) is 10.9. The Labute approximate surface area is 176 Å². The van der Waals surface area contributed by atoms with Crippen molar-refractivity contribution >= 4 is 34.4 Å². The Bertz CT molecular complexity index is 791. The molecule has 2 rings (SSSR count). The maximum absolute atomic E-state index is 11.0. The van der Waals surface area contributed by atoms with E-state index in [4.69, 9.17) is 11.6 Å². The molecule has 6 heteroatoms. The Morgan fingerprint density at radius 3 is 2.75 bits per heavy atom. The molecule has 0 aliphatic rings. The largest absolute Gasteiger partial charge is 0.352 e. The van der Waals surface area contributed by atoms with E-state index in [0.29, 0.717) is 24.7 Å². The lowest BCUT2D eigenvalue weighted by Crippen LogP contribution is -2.21. The number of hydrogen-bond acceptors (Lipinski definition) is 4. The predicted octanol–water partition coefficient (Wildman–Crippen LogP) is 5.59. The SMILES string of the molecule is C/C=C/Sc1ccccc1C(Cl)=NCC.C=CCC(=O)NCc1cccnc1. The smallest absolute Gasteiger partial charge is 0.224 e.